The summed E-state index contributed by atoms with van der Waals surface area (Å²) in [5, 5.41) is 1.42. The van der Waals surface area contributed by atoms with E-state index < -0.39 is 0 Å². The molecule has 0 bridgehead atoms. The Balaban J connectivity index is 1.37. The topological polar surface area (TPSA) is 68.5 Å². The third-order valence-electron chi connectivity index (χ3n) is 3.43. The van der Waals surface area contributed by atoms with Gasteiger partial charge in [0.15, 0.2) is 0 Å². The molecule has 4 rings (SSSR count). The molecule has 3 saturated heterocycles. The van der Waals surface area contributed by atoms with Gasteiger partial charge >= 0.3 is 0 Å². The molecule has 3 fully saturated rings. The largest absolute Gasteiger partial charge is 0.491 e. The third kappa shape index (κ3) is 4.31. The van der Waals surface area contributed by atoms with Gasteiger partial charge in [0.05, 0.1) is 25.5 Å². The molecule has 0 saturated carbocycles. The molecule has 3 aliphatic heterocycles. The maximum Gasteiger partial charge on any atom is 0.121 e. The molecular weight excluding hydrogens is 290 g/mol. The number of epoxide rings is 3. The van der Waals surface area contributed by atoms with E-state index in [4.69, 9.17) is 28.6 Å². The van der Waals surface area contributed by atoms with Crippen LogP contribution in [0.25, 0.3) is 0 Å². The Morgan fingerprint density at radius 3 is 2.09 bits per heavy atom. The van der Waals surface area contributed by atoms with E-state index in [0.717, 1.165) is 31.3 Å². The Morgan fingerprint density at radius 1 is 0.909 bits per heavy atom. The minimum atomic E-state index is 0.162. The molecule has 0 spiro atoms. The summed E-state index contributed by atoms with van der Waals surface area (Å²) in [7, 11) is 0. The zero-order chi connectivity index (χ0) is 14.8. The molecule has 7 nitrogen and oxygen atoms in total. The van der Waals surface area contributed by atoms with Crippen LogP contribution in [-0.2, 0) is 23.9 Å². The van der Waals surface area contributed by atoms with Crippen LogP contribution in [0.3, 0.4) is 0 Å². The maximum atomic E-state index is 5.68. The molecule has 1 aromatic rings. The number of benzene rings is 1. The standard InChI is InChI=1S/C15H19NO6/c1-2-11(4-12(3-1)17-5-13-6-18-13)16(21-9-14-7-19-14)22-10-15-8-20-15/h1-4,13-15H,5-10H2. The number of hydrogen-bond donors (Lipinski definition) is 0. The lowest BCUT2D eigenvalue weighted by Crippen LogP contribution is -2.28. The lowest BCUT2D eigenvalue weighted by atomic mass is 10.3. The van der Waals surface area contributed by atoms with Crippen molar-refractivity contribution < 1.29 is 28.6 Å². The number of anilines is 1. The van der Waals surface area contributed by atoms with Crippen molar-refractivity contribution >= 4 is 5.69 Å². The summed E-state index contributed by atoms with van der Waals surface area (Å²) in [6.45, 7) is 3.76. The van der Waals surface area contributed by atoms with Crippen LogP contribution in [-0.4, -0.2) is 58.0 Å². The van der Waals surface area contributed by atoms with Gasteiger partial charge in [-0.2, -0.15) is 0 Å². The van der Waals surface area contributed by atoms with Gasteiger partial charge in [-0.05, 0) is 12.1 Å². The van der Waals surface area contributed by atoms with Crippen molar-refractivity contribution in [2.45, 2.75) is 18.3 Å². The molecule has 0 aliphatic carbocycles. The zero-order valence-corrected chi connectivity index (χ0v) is 12.2. The molecule has 0 aromatic heterocycles. The molecular formula is C15H19NO6. The lowest BCUT2D eigenvalue weighted by Gasteiger charge is -2.22. The minimum Gasteiger partial charge on any atom is -0.491 e. The first-order valence-corrected chi connectivity index (χ1v) is 7.50. The van der Waals surface area contributed by atoms with Crippen molar-refractivity contribution in [2.75, 3.05) is 44.9 Å². The van der Waals surface area contributed by atoms with E-state index >= 15 is 0 Å². The van der Waals surface area contributed by atoms with Crippen LogP contribution >= 0.6 is 0 Å². The van der Waals surface area contributed by atoms with Gasteiger partial charge in [-0.25, -0.2) is 9.68 Å². The molecule has 3 heterocycles. The van der Waals surface area contributed by atoms with Crippen molar-refractivity contribution in [2.24, 2.45) is 0 Å². The fourth-order valence-electron chi connectivity index (χ4n) is 1.86. The molecule has 3 unspecified atom stereocenters. The zero-order valence-electron chi connectivity index (χ0n) is 12.2. The van der Waals surface area contributed by atoms with Crippen molar-refractivity contribution in [1.82, 2.24) is 0 Å². The molecule has 0 N–H and O–H groups in total. The summed E-state index contributed by atoms with van der Waals surface area (Å²) in [6, 6.07) is 7.59. The second-order valence-electron chi connectivity index (χ2n) is 5.52. The monoisotopic (exact) mass is 309 g/mol. The molecule has 120 valence electrons. The van der Waals surface area contributed by atoms with Gasteiger partial charge in [0.25, 0.3) is 0 Å². The van der Waals surface area contributed by atoms with E-state index in [1.807, 2.05) is 24.3 Å². The first kappa shape index (κ1) is 14.2. The molecule has 1 aromatic carbocycles. The van der Waals surface area contributed by atoms with Crippen LogP contribution in [0.2, 0.25) is 0 Å². The Morgan fingerprint density at radius 2 is 1.50 bits per heavy atom. The van der Waals surface area contributed by atoms with Gasteiger partial charge in [-0.15, -0.1) is 5.23 Å². The highest BCUT2D eigenvalue weighted by molar-refractivity contribution is 5.47. The molecule has 3 atom stereocenters. The second-order valence-corrected chi connectivity index (χ2v) is 5.52. The highest BCUT2D eigenvalue weighted by atomic mass is 17.0. The molecule has 7 heteroatoms. The first-order chi connectivity index (χ1) is 10.9. The Hall–Kier alpha value is -1.38. The van der Waals surface area contributed by atoms with Gasteiger partial charge in [0.2, 0.25) is 0 Å². The van der Waals surface area contributed by atoms with Crippen molar-refractivity contribution in [3.8, 4) is 5.75 Å². The fourth-order valence-corrected chi connectivity index (χ4v) is 1.86. The van der Waals surface area contributed by atoms with Crippen molar-refractivity contribution in [1.29, 1.82) is 0 Å². The van der Waals surface area contributed by atoms with Gasteiger partial charge in [0, 0.05) is 6.07 Å². The number of hydrogen-bond acceptors (Lipinski definition) is 7. The molecule has 0 amide bonds. The normalized spacial score (nSPS) is 28.3. The average molecular weight is 309 g/mol. The predicted molar refractivity (Wildman–Crippen MR) is 75.5 cm³/mol. The van der Waals surface area contributed by atoms with Crippen molar-refractivity contribution in [3.05, 3.63) is 24.3 Å². The van der Waals surface area contributed by atoms with E-state index in [9.17, 15) is 0 Å². The van der Waals surface area contributed by atoms with E-state index in [-0.39, 0.29) is 18.3 Å². The Kier molecular flexibility index (Phi) is 4.13. The molecule has 3 aliphatic rings. The first-order valence-electron chi connectivity index (χ1n) is 7.50. The minimum absolute atomic E-state index is 0.162. The van der Waals surface area contributed by atoms with Crippen LogP contribution in [0.5, 0.6) is 5.75 Å². The van der Waals surface area contributed by atoms with E-state index in [1.54, 1.807) is 0 Å². The van der Waals surface area contributed by atoms with Crippen LogP contribution in [0.15, 0.2) is 24.3 Å². The Bertz CT molecular complexity index is 485. The highest BCUT2D eigenvalue weighted by Crippen LogP contribution is 2.24. The summed E-state index contributed by atoms with van der Waals surface area (Å²) < 4.78 is 21.1. The summed E-state index contributed by atoms with van der Waals surface area (Å²) in [5.41, 5.74) is 0.774. The molecule has 22 heavy (non-hydrogen) atoms. The number of rotatable bonds is 10. The van der Waals surface area contributed by atoms with Gasteiger partial charge in [-0.1, -0.05) is 6.07 Å². The summed E-state index contributed by atoms with van der Waals surface area (Å²) >= 11 is 0. The third-order valence-corrected chi connectivity index (χ3v) is 3.43. The highest BCUT2D eigenvalue weighted by Gasteiger charge is 2.28. The summed E-state index contributed by atoms with van der Waals surface area (Å²) in [5.74, 6) is 0.760. The molecule has 0 radical (unpaired) electrons. The maximum absolute atomic E-state index is 5.68. The fraction of sp³-hybridized carbons (Fsp3) is 0.600. The average Bonchev–Trinajstić information content (AvgIpc) is 3.39. The Labute approximate surface area is 128 Å². The summed E-state index contributed by atoms with van der Waals surface area (Å²) in [4.78, 5) is 11.3. The van der Waals surface area contributed by atoms with Gasteiger partial charge < -0.3 is 18.9 Å². The number of nitrogens with zero attached hydrogens (tertiary/aromatic N) is 1. The smallest absolute Gasteiger partial charge is 0.121 e. The predicted octanol–water partition coefficient (Wildman–Crippen LogP) is 0.931. The van der Waals surface area contributed by atoms with Crippen LogP contribution in [0.1, 0.15) is 0 Å². The van der Waals surface area contributed by atoms with Gasteiger partial charge in [0.1, 0.15) is 43.9 Å². The lowest BCUT2D eigenvalue weighted by molar-refractivity contribution is -0.0960. The van der Waals surface area contributed by atoms with Crippen LogP contribution in [0, 0.1) is 0 Å². The number of ether oxygens (including phenoxy) is 4. The van der Waals surface area contributed by atoms with Crippen molar-refractivity contribution in [3.63, 3.8) is 0 Å². The van der Waals surface area contributed by atoms with Crippen LogP contribution in [0.4, 0.5) is 5.69 Å². The summed E-state index contributed by atoms with van der Waals surface area (Å²) in [6.07, 6.45) is 0.552. The SMILES string of the molecule is c1cc(OCC2CO2)cc(N(OCC2CO2)OCC2CO2)c1. The van der Waals surface area contributed by atoms with Crippen LogP contribution < -0.4 is 9.96 Å². The quantitative estimate of drug-likeness (QED) is 0.470. The van der Waals surface area contributed by atoms with E-state index in [0.29, 0.717) is 19.8 Å². The second kappa shape index (κ2) is 6.39. The van der Waals surface area contributed by atoms with E-state index in [1.165, 1.54) is 5.23 Å². The van der Waals surface area contributed by atoms with Gasteiger partial charge in [-0.3, -0.25) is 0 Å². The van der Waals surface area contributed by atoms with E-state index in [2.05, 4.69) is 0 Å².